The van der Waals surface area contributed by atoms with Gasteiger partial charge in [-0.1, -0.05) is 13.8 Å². The third kappa shape index (κ3) is 6.31. The van der Waals surface area contributed by atoms with Crippen LogP contribution >= 0.6 is 0 Å². The average Bonchev–Trinajstić information content (AvgIpc) is 3.16. The molecular formula is C14H23NO2. The van der Waals surface area contributed by atoms with E-state index in [1.165, 1.54) is 25.7 Å². The molecule has 0 aromatic carbocycles. The average molecular weight is 237 g/mol. The van der Waals surface area contributed by atoms with Crippen LogP contribution < -0.4 is 0 Å². The number of nitrogens with zero attached hydrogens (tertiary/aromatic N) is 1. The fourth-order valence-electron chi connectivity index (χ4n) is 1.69. The minimum atomic E-state index is -0.664. The Morgan fingerprint density at radius 3 is 2.00 bits per heavy atom. The van der Waals surface area contributed by atoms with Gasteiger partial charge in [0.25, 0.3) is 0 Å². The first kappa shape index (κ1) is 14.0. The first-order chi connectivity index (χ1) is 7.89. The zero-order valence-corrected chi connectivity index (χ0v) is 11.0. The quantitative estimate of drug-likeness (QED) is 0.792. The minimum absolute atomic E-state index is 0.344. The van der Waals surface area contributed by atoms with Crippen molar-refractivity contribution in [3.63, 3.8) is 0 Å². The number of rotatable bonds is 5. The van der Waals surface area contributed by atoms with Crippen LogP contribution in [-0.2, 0) is 4.79 Å². The van der Waals surface area contributed by atoms with Gasteiger partial charge in [-0.15, -0.1) is 0 Å². The summed E-state index contributed by atoms with van der Waals surface area (Å²) in [7, 11) is 0. The fraction of sp³-hybridized carbons (Fsp3) is 0.857. The molecule has 0 spiro atoms. The van der Waals surface area contributed by atoms with Gasteiger partial charge in [0.2, 0.25) is 0 Å². The molecule has 17 heavy (non-hydrogen) atoms. The van der Waals surface area contributed by atoms with Crippen molar-refractivity contribution in [3.05, 3.63) is 0 Å². The second kappa shape index (κ2) is 5.53. The molecule has 2 saturated carbocycles. The smallest absolute Gasteiger partial charge is 0.303 e. The Morgan fingerprint density at radius 1 is 1.18 bits per heavy atom. The van der Waals surface area contributed by atoms with Crippen molar-refractivity contribution in [2.75, 3.05) is 0 Å². The zero-order valence-electron chi connectivity index (χ0n) is 11.0. The Hall–Kier alpha value is -1.04. The second-order valence-electron chi connectivity index (χ2n) is 6.17. The highest BCUT2D eigenvalue weighted by Gasteiger charge is 2.37. The van der Waals surface area contributed by atoms with E-state index in [4.69, 9.17) is 10.4 Å². The lowest BCUT2D eigenvalue weighted by molar-refractivity contribution is -0.137. The van der Waals surface area contributed by atoms with E-state index < -0.39 is 5.97 Å². The number of carboxylic acids is 1. The van der Waals surface area contributed by atoms with E-state index in [2.05, 4.69) is 19.9 Å². The lowest BCUT2D eigenvalue weighted by Gasteiger charge is -2.02. The summed E-state index contributed by atoms with van der Waals surface area (Å²) in [4.78, 5) is 10.1. The van der Waals surface area contributed by atoms with E-state index in [0.717, 1.165) is 19.3 Å². The zero-order chi connectivity index (χ0) is 12.9. The molecule has 0 radical (unpaired) electrons. The predicted octanol–water partition coefficient (Wildman–Crippen LogP) is 3.74. The molecule has 0 unspecified atom stereocenters. The number of hydrogen-bond donors (Lipinski definition) is 1. The summed E-state index contributed by atoms with van der Waals surface area (Å²) in [5, 5.41) is 16.5. The summed E-state index contributed by atoms with van der Waals surface area (Å²) in [5.74, 6) is -0.664. The molecule has 3 heteroatoms. The van der Waals surface area contributed by atoms with Crippen molar-refractivity contribution in [3.8, 4) is 6.07 Å². The van der Waals surface area contributed by atoms with Crippen LogP contribution in [0, 0.1) is 22.2 Å². The molecule has 0 aromatic heterocycles. The van der Waals surface area contributed by atoms with Gasteiger partial charge in [-0.25, -0.2) is 0 Å². The fourth-order valence-corrected chi connectivity index (χ4v) is 1.69. The van der Waals surface area contributed by atoms with E-state index in [0.29, 0.717) is 17.3 Å². The van der Waals surface area contributed by atoms with E-state index >= 15 is 0 Å². The van der Waals surface area contributed by atoms with Crippen LogP contribution in [0.1, 0.15) is 65.2 Å². The van der Waals surface area contributed by atoms with Crippen molar-refractivity contribution in [1.29, 1.82) is 5.26 Å². The van der Waals surface area contributed by atoms with E-state index in [-0.39, 0.29) is 0 Å². The van der Waals surface area contributed by atoms with Crippen molar-refractivity contribution in [1.82, 2.24) is 0 Å². The minimum Gasteiger partial charge on any atom is -0.481 e. The molecule has 0 saturated heterocycles. The summed E-state index contributed by atoms with van der Waals surface area (Å²) in [6.07, 6.45) is 8.20. The van der Waals surface area contributed by atoms with Crippen LogP contribution in [0.2, 0.25) is 0 Å². The molecular weight excluding hydrogens is 214 g/mol. The van der Waals surface area contributed by atoms with Crippen LogP contribution in [0.15, 0.2) is 0 Å². The summed E-state index contributed by atoms with van der Waals surface area (Å²) in [5.41, 5.74) is 0.980. The van der Waals surface area contributed by atoms with E-state index in [1.807, 2.05) is 0 Å². The molecule has 0 aliphatic heterocycles. The third-order valence-electron chi connectivity index (χ3n) is 3.99. The predicted molar refractivity (Wildman–Crippen MR) is 66.4 cm³/mol. The van der Waals surface area contributed by atoms with Gasteiger partial charge in [0.15, 0.2) is 0 Å². The summed E-state index contributed by atoms with van der Waals surface area (Å²) in [6, 6.07) is 2.16. The van der Waals surface area contributed by atoms with Crippen molar-refractivity contribution >= 4 is 5.97 Å². The molecule has 0 heterocycles. The number of carboxylic acid groups (broad SMARTS) is 1. The van der Waals surface area contributed by atoms with Crippen LogP contribution in [-0.4, -0.2) is 11.1 Å². The van der Waals surface area contributed by atoms with Gasteiger partial charge in [-0.05, 0) is 49.4 Å². The first-order valence-electron chi connectivity index (χ1n) is 6.48. The highest BCUT2D eigenvalue weighted by Crippen LogP contribution is 2.49. The SMILES string of the molecule is CC1(CCC#N)CC1.CC1(CCC(=O)O)CC1. The van der Waals surface area contributed by atoms with Gasteiger partial charge < -0.3 is 5.11 Å². The number of hydrogen-bond acceptors (Lipinski definition) is 2. The molecule has 0 bridgehead atoms. The van der Waals surface area contributed by atoms with E-state index in [9.17, 15) is 4.79 Å². The van der Waals surface area contributed by atoms with Gasteiger partial charge in [0, 0.05) is 12.8 Å². The van der Waals surface area contributed by atoms with Gasteiger partial charge >= 0.3 is 5.97 Å². The lowest BCUT2D eigenvalue weighted by atomic mass is 10.0. The summed E-state index contributed by atoms with van der Waals surface area (Å²) < 4.78 is 0. The molecule has 2 fully saturated rings. The van der Waals surface area contributed by atoms with Crippen LogP contribution in [0.4, 0.5) is 0 Å². The summed E-state index contributed by atoms with van der Waals surface area (Å²) >= 11 is 0. The largest absolute Gasteiger partial charge is 0.481 e. The van der Waals surface area contributed by atoms with Gasteiger partial charge in [-0.2, -0.15) is 5.26 Å². The number of aliphatic carboxylic acids is 1. The van der Waals surface area contributed by atoms with Gasteiger partial charge in [0.05, 0.1) is 6.07 Å². The molecule has 0 aromatic rings. The molecule has 96 valence electrons. The molecule has 1 N–H and O–H groups in total. The van der Waals surface area contributed by atoms with E-state index in [1.54, 1.807) is 0 Å². The van der Waals surface area contributed by atoms with Crippen LogP contribution in [0.25, 0.3) is 0 Å². The number of nitriles is 1. The molecule has 2 aliphatic rings. The molecule has 2 aliphatic carbocycles. The summed E-state index contributed by atoms with van der Waals surface area (Å²) in [6.45, 7) is 4.40. The second-order valence-corrected chi connectivity index (χ2v) is 6.17. The lowest BCUT2D eigenvalue weighted by Crippen LogP contribution is -2.00. The van der Waals surface area contributed by atoms with Crippen molar-refractivity contribution in [2.45, 2.75) is 65.2 Å². The Kier molecular flexibility index (Phi) is 4.56. The maximum atomic E-state index is 10.1. The Balaban J connectivity index is 0.000000171. The maximum absolute atomic E-state index is 10.1. The van der Waals surface area contributed by atoms with Gasteiger partial charge in [0.1, 0.15) is 0 Å². The molecule has 0 atom stereocenters. The molecule has 3 nitrogen and oxygen atoms in total. The van der Waals surface area contributed by atoms with Crippen molar-refractivity contribution in [2.24, 2.45) is 10.8 Å². The molecule has 2 rings (SSSR count). The molecule has 0 amide bonds. The highest BCUT2D eigenvalue weighted by molar-refractivity contribution is 5.66. The monoisotopic (exact) mass is 237 g/mol. The van der Waals surface area contributed by atoms with Crippen LogP contribution in [0.5, 0.6) is 0 Å². The Labute approximate surface area is 104 Å². The third-order valence-corrected chi connectivity index (χ3v) is 3.99. The van der Waals surface area contributed by atoms with Crippen LogP contribution in [0.3, 0.4) is 0 Å². The normalized spacial score (nSPS) is 21.7. The Bertz CT molecular complexity index is 309. The number of carbonyl (C=O) groups is 1. The standard InChI is InChI=1S/C7H11N.C7H12O2/c1-7(4-5-7)3-2-6-8;1-7(4-5-7)3-2-6(8)9/h2-5H2,1H3;2-5H2,1H3,(H,8,9). The highest BCUT2D eigenvalue weighted by atomic mass is 16.4. The van der Waals surface area contributed by atoms with Crippen molar-refractivity contribution < 1.29 is 9.90 Å². The Morgan fingerprint density at radius 2 is 1.65 bits per heavy atom. The van der Waals surface area contributed by atoms with Gasteiger partial charge in [-0.3, -0.25) is 4.79 Å². The maximum Gasteiger partial charge on any atom is 0.303 e. The first-order valence-corrected chi connectivity index (χ1v) is 6.48. The topological polar surface area (TPSA) is 61.1 Å².